The van der Waals surface area contributed by atoms with Crippen molar-refractivity contribution >= 4 is 0 Å². The summed E-state index contributed by atoms with van der Waals surface area (Å²) in [6.07, 6.45) is -55.1. The second kappa shape index (κ2) is 22.3. The highest BCUT2D eigenvalue weighted by Crippen LogP contribution is 2.36. The van der Waals surface area contributed by atoms with E-state index in [-0.39, 0.29) is 0 Å². The van der Waals surface area contributed by atoms with Gasteiger partial charge in [0.2, 0.25) is 0 Å². The number of ether oxygens (including phenoxy) is 11. The summed E-state index contributed by atoms with van der Waals surface area (Å²) in [6, 6.07) is 0. The van der Waals surface area contributed by atoms with Gasteiger partial charge in [-0.25, -0.2) is 0 Å². The molecular formula is C36H62O29. The molecular weight excluding hydrogens is 896 g/mol. The lowest BCUT2D eigenvalue weighted by Gasteiger charge is -2.49. The molecule has 29 nitrogen and oxygen atoms in total. The summed E-state index contributed by atoms with van der Waals surface area (Å²) in [5, 5.41) is 190. The van der Waals surface area contributed by atoms with Crippen molar-refractivity contribution in [3.63, 3.8) is 0 Å². The van der Waals surface area contributed by atoms with Gasteiger partial charge in [-0.15, -0.1) is 0 Å². The Hall–Kier alpha value is -1.16. The maximum absolute atomic E-state index is 11.4. The Morgan fingerprint density at radius 2 is 0.662 bits per heavy atom. The van der Waals surface area contributed by atoms with Crippen molar-refractivity contribution < 1.29 is 144 Å². The van der Waals surface area contributed by atoms with Crippen molar-refractivity contribution in [2.45, 2.75) is 198 Å². The molecule has 6 aliphatic heterocycles. The quantitative estimate of drug-likeness (QED) is 0.0768. The summed E-state index contributed by atoms with van der Waals surface area (Å²) in [5.41, 5.74) is 0. The highest BCUT2D eigenvalue weighted by atomic mass is 16.8. The van der Waals surface area contributed by atoms with Crippen LogP contribution in [0.4, 0.5) is 0 Å². The summed E-state index contributed by atoms with van der Waals surface area (Å²) >= 11 is 0. The van der Waals surface area contributed by atoms with Crippen LogP contribution in [0.3, 0.4) is 0 Å². The van der Waals surface area contributed by atoms with E-state index >= 15 is 0 Å². The Bertz CT molecular complexity index is 1470. The number of hydrogen-bond acceptors (Lipinski definition) is 29. The van der Waals surface area contributed by atoms with Crippen LogP contribution < -0.4 is 0 Å². The molecule has 380 valence electrons. The molecule has 0 aliphatic carbocycles. The fraction of sp³-hybridized carbons (Fsp3) is 1.00. The van der Waals surface area contributed by atoms with E-state index in [9.17, 15) is 91.9 Å². The maximum atomic E-state index is 11.4. The summed E-state index contributed by atoms with van der Waals surface area (Å²) in [7, 11) is 0. The van der Waals surface area contributed by atoms with Gasteiger partial charge < -0.3 is 144 Å². The van der Waals surface area contributed by atoms with Crippen molar-refractivity contribution in [2.75, 3.05) is 26.4 Å². The van der Waals surface area contributed by atoms with Crippen molar-refractivity contribution in [2.24, 2.45) is 0 Å². The Balaban J connectivity index is 1.25. The van der Waals surface area contributed by atoms with Gasteiger partial charge in [-0.2, -0.15) is 0 Å². The van der Waals surface area contributed by atoms with Crippen LogP contribution in [-0.2, 0) is 52.1 Å². The van der Waals surface area contributed by atoms with Crippen LogP contribution in [0, 0.1) is 0 Å². The summed E-state index contributed by atoms with van der Waals surface area (Å²) in [5.74, 6) is 0. The van der Waals surface area contributed by atoms with Crippen molar-refractivity contribution in [3.05, 3.63) is 0 Å². The first-order valence-corrected chi connectivity index (χ1v) is 20.8. The molecule has 0 aromatic carbocycles. The van der Waals surface area contributed by atoms with E-state index < -0.39 is 211 Å². The highest BCUT2D eigenvalue weighted by molar-refractivity contribution is 4.99. The van der Waals surface area contributed by atoms with Crippen LogP contribution in [0.2, 0.25) is 0 Å². The molecule has 0 aromatic heterocycles. The molecule has 6 heterocycles. The molecule has 0 bridgehead atoms. The number of hydrogen-bond donors (Lipinski definition) is 18. The van der Waals surface area contributed by atoms with Crippen LogP contribution >= 0.6 is 0 Å². The Labute approximate surface area is 368 Å². The predicted molar refractivity (Wildman–Crippen MR) is 196 cm³/mol. The Morgan fingerprint density at radius 3 is 1.14 bits per heavy atom. The molecule has 0 saturated carbocycles. The number of aliphatic hydroxyl groups excluding tert-OH is 18. The Kier molecular flexibility index (Phi) is 18.2. The van der Waals surface area contributed by atoms with E-state index in [0.717, 1.165) is 0 Å². The number of rotatable bonds is 14. The molecule has 6 fully saturated rings. The normalized spacial score (nSPS) is 54.6. The monoisotopic (exact) mass is 958 g/mol. The van der Waals surface area contributed by atoms with Crippen LogP contribution in [0.15, 0.2) is 0 Å². The van der Waals surface area contributed by atoms with E-state index in [4.69, 9.17) is 52.1 Å². The van der Waals surface area contributed by atoms with Gasteiger partial charge in [0, 0.05) is 0 Å². The lowest BCUT2D eigenvalue weighted by Crippen LogP contribution is -2.67. The summed E-state index contributed by atoms with van der Waals surface area (Å²) in [4.78, 5) is 0. The van der Waals surface area contributed by atoms with Gasteiger partial charge in [0.1, 0.15) is 134 Å². The van der Waals surface area contributed by atoms with Gasteiger partial charge in [-0.05, 0) is 13.8 Å². The summed E-state index contributed by atoms with van der Waals surface area (Å²) in [6.45, 7) is -1.10. The standard InChI is InChI=1S/C36H62O29/c1-7-13(40)18(45)22(49)32(56-7)64-29-26(53)31(54)58-11(5-39)27(29)62-35-25(52)21(48)16(43)12(61-35)6-55-36-30(65-33-23(50)19(46)14(41)8(2)57-33)28(17(44)10(4-38)60-36)63-34-24(51)20(47)15(42)9(3-37)59-34/h7-54H,3-6H2,1-2H3/t7-,8-,9+,10+,11+,12+,13+,14+,15-,16-,17-,18+,19+,20-,21-,22-,23-,24+,25+,26+,27+,28-,29+,30+,31-,32-,33-,34+,35+,36+/m0/s1. The number of aliphatic hydroxyl groups is 18. The fourth-order valence-corrected chi connectivity index (χ4v) is 8.26. The predicted octanol–water partition coefficient (Wildman–Crippen LogP) is -12.0. The molecule has 30 atom stereocenters. The van der Waals surface area contributed by atoms with E-state index in [1.54, 1.807) is 0 Å². The fourth-order valence-electron chi connectivity index (χ4n) is 8.26. The van der Waals surface area contributed by atoms with Gasteiger partial charge >= 0.3 is 0 Å². The van der Waals surface area contributed by atoms with E-state index in [1.807, 2.05) is 0 Å². The van der Waals surface area contributed by atoms with Gasteiger partial charge in [-0.3, -0.25) is 0 Å². The molecule has 0 aromatic rings. The molecule has 65 heavy (non-hydrogen) atoms. The molecule has 6 saturated heterocycles. The largest absolute Gasteiger partial charge is 0.394 e. The third-order valence-electron chi connectivity index (χ3n) is 12.3. The van der Waals surface area contributed by atoms with Crippen molar-refractivity contribution in [1.29, 1.82) is 0 Å². The second-order valence-corrected chi connectivity index (χ2v) is 16.8. The van der Waals surface area contributed by atoms with Gasteiger partial charge in [0.05, 0.1) is 38.6 Å². The topological polar surface area (TPSA) is 466 Å². The zero-order chi connectivity index (χ0) is 47.9. The first-order chi connectivity index (χ1) is 30.6. The molecule has 18 N–H and O–H groups in total. The minimum Gasteiger partial charge on any atom is -0.394 e. The van der Waals surface area contributed by atoms with Gasteiger partial charge in [0.15, 0.2) is 37.7 Å². The zero-order valence-electron chi connectivity index (χ0n) is 34.7. The van der Waals surface area contributed by atoms with Gasteiger partial charge in [-0.1, -0.05) is 0 Å². The first kappa shape index (κ1) is 53.2. The molecule has 6 aliphatic rings. The molecule has 0 amide bonds. The van der Waals surface area contributed by atoms with Crippen LogP contribution in [0.5, 0.6) is 0 Å². The minimum absolute atomic E-state index is 0.891. The third kappa shape index (κ3) is 10.9. The van der Waals surface area contributed by atoms with Crippen LogP contribution in [0.1, 0.15) is 13.8 Å². The zero-order valence-corrected chi connectivity index (χ0v) is 34.7. The smallest absolute Gasteiger partial charge is 0.187 e. The third-order valence-corrected chi connectivity index (χ3v) is 12.3. The lowest BCUT2D eigenvalue weighted by atomic mass is 9.95. The van der Waals surface area contributed by atoms with Crippen molar-refractivity contribution in [1.82, 2.24) is 0 Å². The van der Waals surface area contributed by atoms with E-state index in [0.29, 0.717) is 0 Å². The Morgan fingerprint density at radius 1 is 0.308 bits per heavy atom. The first-order valence-electron chi connectivity index (χ1n) is 20.8. The lowest BCUT2D eigenvalue weighted by molar-refractivity contribution is -0.397. The molecule has 6 rings (SSSR count). The molecule has 0 spiro atoms. The van der Waals surface area contributed by atoms with Crippen molar-refractivity contribution in [3.8, 4) is 0 Å². The van der Waals surface area contributed by atoms with E-state index in [2.05, 4.69) is 0 Å². The van der Waals surface area contributed by atoms with E-state index in [1.165, 1.54) is 13.8 Å². The molecule has 0 unspecified atom stereocenters. The summed E-state index contributed by atoms with van der Waals surface area (Å²) < 4.78 is 62.5. The maximum Gasteiger partial charge on any atom is 0.187 e. The SMILES string of the molecule is C[C@@H]1O[C@@H](O[C@@H]2[C@@H](O)[C@@H](O)O[C@H](CO)[C@H]2O[C@H]2O[C@H](CO[C@@H]3O[C@H](CO)[C@H](O)[C@H](O[C@H]4O[C@H](CO)[C@H](O)[C@H](O)[C@H]4O)[C@H]3O[C@@H]3O[C@@H](C)[C@@H](O)[C@@H](O)[C@@H]3O)[C@H](O)[C@H](O)[C@H]2O)[C@@H](O)[C@H](O)[C@@H]1O. The average Bonchev–Trinajstić information content (AvgIpc) is 3.28. The van der Waals surface area contributed by atoms with Crippen LogP contribution in [-0.4, -0.2) is 303 Å². The molecule has 0 radical (unpaired) electrons. The van der Waals surface area contributed by atoms with Gasteiger partial charge in [0.25, 0.3) is 0 Å². The van der Waals surface area contributed by atoms with Crippen LogP contribution in [0.25, 0.3) is 0 Å². The highest BCUT2D eigenvalue weighted by Gasteiger charge is 2.57. The average molecular weight is 959 g/mol. The second-order valence-electron chi connectivity index (χ2n) is 16.8. The minimum atomic E-state index is -2.14. The molecule has 29 heteroatoms.